The van der Waals surface area contributed by atoms with E-state index in [1.54, 1.807) is 0 Å². The Morgan fingerprint density at radius 1 is 0.115 bits per heavy atom. The van der Waals surface area contributed by atoms with E-state index >= 15 is 43.9 Å². The van der Waals surface area contributed by atoms with Gasteiger partial charge in [-0.15, -0.1) is 0 Å². The molecular weight excluding hydrogens is 1420 g/mol. The molecule has 0 aromatic heterocycles. The largest absolute Gasteiger partial charge is 0.557 e. The average molecular weight is 1420 g/mol. The summed E-state index contributed by atoms with van der Waals surface area (Å²) < 4.78 is 683. The normalized spacial score (nSPS) is 23.9. The van der Waals surface area contributed by atoms with E-state index in [1.165, 1.54) is 16.5 Å². The third-order valence-corrected chi connectivity index (χ3v) is 40.1. The second-order valence-corrected chi connectivity index (χ2v) is 39.5. The van der Waals surface area contributed by atoms with Gasteiger partial charge >= 0.3 is 161 Å². The van der Waals surface area contributed by atoms with Gasteiger partial charge in [-0.1, -0.05) is 0 Å². The Bertz CT molecular complexity index is 1840. The van der Waals surface area contributed by atoms with Crippen molar-refractivity contribution >= 4 is 68.5 Å². The van der Waals surface area contributed by atoms with Crippen LogP contribution in [0, 0.1) is 0 Å². The summed E-state index contributed by atoms with van der Waals surface area (Å²) in [4.78, 5) is 0. The van der Waals surface area contributed by atoms with E-state index in [4.69, 9.17) is 0 Å². The van der Waals surface area contributed by atoms with Crippen LogP contribution in [0.15, 0.2) is 0 Å². The van der Waals surface area contributed by atoms with E-state index in [1.807, 2.05) is 0 Å². The van der Waals surface area contributed by atoms with Gasteiger partial charge in [-0.2, -0.15) is 202 Å². The van der Waals surface area contributed by atoms with Gasteiger partial charge in [0.25, 0.3) is 0 Å². The first kappa shape index (κ1) is 72.3. The lowest BCUT2D eigenvalue weighted by Gasteiger charge is -2.56. The smallest absolute Gasteiger partial charge is 0.395 e. The van der Waals surface area contributed by atoms with Crippen molar-refractivity contribution in [3.05, 3.63) is 0 Å². The summed E-state index contributed by atoms with van der Waals surface area (Å²) in [6, 6.07) is 0. The molecule has 0 bridgehead atoms. The van der Waals surface area contributed by atoms with Crippen molar-refractivity contribution in [1.82, 2.24) is 0 Å². The minimum Gasteiger partial charge on any atom is -0.395 e. The Morgan fingerprint density at radius 3 is 0.244 bits per heavy atom. The van der Waals surface area contributed by atoms with Crippen molar-refractivity contribution in [2.75, 3.05) is 0 Å². The molecular formula is C16F46O8Si8. The quantitative estimate of drug-likeness (QED) is 0.204. The minimum absolute atomic E-state index is 1.14. The van der Waals surface area contributed by atoms with Crippen LogP contribution in [0.2, 0.25) is 0 Å². The molecule has 0 spiro atoms. The van der Waals surface area contributed by atoms with E-state index in [-0.39, 0.29) is 0 Å². The van der Waals surface area contributed by atoms with Gasteiger partial charge in [-0.25, -0.2) is 0 Å². The van der Waals surface area contributed by atoms with Crippen molar-refractivity contribution in [2.24, 2.45) is 0 Å². The van der Waals surface area contributed by atoms with Crippen LogP contribution < -0.4 is 0 Å². The first-order valence-electron chi connectivity index (χ1n) is 16.2. The summed E-state index contributed by atoms with van der Waals surface area (Å²) in [5.41, 5.74) is -23.0. The lowest BCUT2D eigenvalue weighted by molar-refractivity contribution is -0.235. The highest BCUT2D eigenvalue weighted by Crippen LogP contribution is 2.68. The molecule has 0 amide bonds. The van der Waals surface area contributed by atoms with Gasteiger partial charge < -0.3 is 32.9 Å². The highest BCUT2D eigenvalue weighted by atomic mass is 28.5. The number of hydrogen-bond acceptors (Lipinski definition) is 8. The van der Waals surface area contributed by atoms with Gasteiger partial charge in [-0.05, 0) is 0 Å². The van der Waals surface area contributed by atoms with E-state index in [2.05, 4.69) is 0 Å². The summed E-state index contributed by atoms with van der Waals surface area (Å²) in [5, 5.41) is 0. The lowest BCUT2D eigenvalue weighted by Crippen LogP contribution is -2.95. The van der Waals surface area contributed by atoms with Crippen LogP contribution in [-0.2, 0) is 32.9 Å². The Balaban J connectivity index is 4.09. The molecule has 0 aromatic carbocycles. The van der Waals surface area contributed by atoms with Crippen LogP contribution in [0.1, 0.15) is 0 Å². The number of hydrogen-bond donors (Lipinski definition) is 0. The molecule has 0 N–H and O–H groups in total. The molecule has 0 unspecified atom stereocenters. The fourth-order valence-corrected chi connectivity index (χ4v) is 42.2. The van der Waals surface area contributed by atoms with Gasteiger partial charge in [0, 0.05) is 0 Å². The lowest BCUT2D eigenvalue weighted by atomic mass is 10.7. The van der Waals surface area contributed by atoms with Crippen LogP contribution in [0.5, 0.6) is 0 Å². The molecule has 0 radical (unpaired) electrons. The molecule has 0 atom stereocenters. The maximum atomic E-state index is 16.7. The van der Waals surface area contributed by atoms with E-state index in [0.29, 0.717) is 0 Å². The minimum atomic E-state index is -13.8. The summed E-state index contributed by atoms with van der Waals surface area (Å²) in [7, 11) is -102. The van der Waals surface area contributed by atoms with Crippen LogP contribution >= 0.6 is 0 Å². The van der Waals surface area contributed by atoms with Crippen molar-refractivity contribution in [3.8, 4) is 0 Å². The van der Waals surface area contributed by atoms with Crippen LogP contribution in [-0.4, -0.2) is 161 Å². The number of rotatable bonds is 3. The van der Waals surface area contributed by atoms with E-state index in [0.717, 1.165) is 16.5 Å². The zero-order valence-corrected chi connectivity index (χ0v) is 40.7. The van der Waals surface area contributed by atoms with Crippen molar-refractivity contribution in [1.29, 1.82) is 0 Å². The Morgan fingerprint density at radius 2 is 0.179 bits per heavy atom. The van der Waals surface area contributed by atoms with Crippen LogP contribution in [0.3, 0.4) is 0 Å². The topological polar surface area (TPSA) is 73.8 Å². The van der Waals surface area contributed by atoms with Gasteiger partial charge in [-0.3, -0.25) is 0 Å². The molecule has 8 nitrogen and oxygen atoms in total. The molecule has 2 rings (SSSR count). The predicted molar refractivity (Wildman–Crippen MR) is 149 cm³/mol. The first-order chi connectivity index (χ1) is 32.9. The maximum Gasteiger partial charge on any atom is 0.557 e. The standard InChI is InChI=1S/C16F46O8Si8/c17-1(18,71(3(21,22)23)63-73(5(27,28)29,6(30,31)32)67-77(13(51,52)53,14(54,55)56)68-74(64-71,7(33,34)35)8(36,37)38)2(19,20)72(4(24,25)26)65-75(9(39,40)41,10(42,43)44)69-78(15(57,58)59,16(60,61)62)70-76(66-72,11(45,46)47)12(48,49)50. The molecule has 2 saturated heterocycles. The van der Waals surface area contributed by atoms with Gasteiger partial charge in [0.15, 0.2) is 0 Å². The molecule has 2 fully saturated rings. The molecule has 2 aliphatic rings. The molecule has 0 aromatic rings. The van der Waals surface area contributed by atoms with Crippen molar-refractivity contribution in [2.45, 2.75) is 92.3 Å². The molecule has 62 heteroatoms. The fourth-order valence-electron chi connectivity index (χ4n) is 5.40. The fraction of sp³-hybridized carbons (Fsp3) is 1.00. The number of alkyl halides is 46. The molecule has 0 saturated carbocycles. The molecule has 466 valence electrons. The molecule has 0 aliphatic carbocycles. The van der Waals surface area contributed by atoms with Gasteiger partial charge in [0.05, 0.1) is 0 Å². The number of halogens is 46. The maximum absolute atomic E-state index is 16.7. The second kappa shape index (κ2) is 18.3. The van der Waals surface area contributed by atoms with E-state index in [9.17, 15) is 158 Å². The zero-order valence-electron chi connectivity index (χ0n) is 32.7. The van der Waals surface area contributed by atoms with Crippen molar-refractivity contribution in [3.63, 3.8) is 0 Å². The highest BCUT2D eigenvalue weighted by Gasteiger charge is 3.08. The molecule has 78 heavy (non-hydrogen) atoms. The van der Waals surface area contributed by atoms with Crippen LogP contribution in [0.25, 0.3) is 0 Å². The van der Waals surface area contributed by atoms with Gasteiger partial charge in [0.1, 0.15) is 0 Å². The summed E-state index contributed by atoms with van der Waals surface area (Å²) in [5.74, 6) is -136. The first-order valence-corrected chi connectivity index (χ1v) is 30.7. The molecule has 2 heterocycles. The predicted octanol–water partition coefficient (Wildman–Crippen LogP) is 12.5. The Hall–Kier alpha value is -1.80. The van der Waals surface area contributed by atoms with Gasteiger partial charge in [0.2, 0.25) is 0 Å². The van der Waals surface area contributed by atoms with E-state index < -0.39 is 161 Å². The van der Waals surface area contributed by atoms with Crippen molar-refractivity contribution < 1.29 is 235 Å². The average Bonchev–Trinajstić information content (AvgIpc) is 3.04. The molecule has 2 aliphatic heterocycles. The summed E-state index contributed by atoms with van der Waals surface area (Å²) in [6.45, 7) is 0. The SMILES string of the molecule is FC(F)(F)[Si]1(C(F)(F)F)O[Si](C(F)(F)F)(C(F)(F)F)O[Si](C(F)(F)F)(C(F)(F)C(F)(F)[Si]2(C(F)(F)F)O[Si](C(F)(F)F)(C(F)(F)F)O[Si](C(F)(F)F)(C(F)(F)F)O[Si](C(F)(F)F)(C(F)(F)F)O2)O[Si](C(F)(F)F)(C(F)(F)F)O1. The second-order valence-electron chi connectivity index (χ2n) is 13.9. The Kier molecular flexibility index (Phi) is 17.0. The summed E-state index contributed by atoms with van der Waals surface area (Å²) >= 11 is 0. The zero-order chi connectivity index (χ0) is 63.7. The third-order valence-electron chi connectivity index (χ3n) is 8.75. The third kappa shape index (κ3) is 10.0. The monoisotopic (exact) mass is 1420 g/mol. The Labute approximate surface area is 396 Å². The summed E-state index contributed by atoms with van der Waals surface area (Å²) in [6.07, 6.45) is 0. The van der Waals surface area contributed by atoms with Crippen LogP contribution in [0.4, 0.5) is 202 Å². The highest BCUT2D eigenvalue weighted by molar-refractivity contribution is 7.01.